The van der Waals surface area contributed by atoms with E-state index >= 15 is 0 Å². The van der Waals surface area contributed by atoms with Crippen LogP contribution in [0.5, 0.6) is 0 Å². The van der Waals surface area contributed by atoms with Crippen LogP contribution in [-0.2, 0) is 0 Å². The van der Waals surface area contributed by atoms with E-state index in [2.05, 4.69) is 37.6 Å². The van der Waals surface area contributed by atoms with Gasteiger partial charge < -0.3 is 9.80 Å². The molecule has 0 bridgehead atoms. The summed E-state index contributed by atoms with van der Waals surface area (Å²) in [6, 6.07) is 0. The average molecular weight is 196 g/mol. The zero-order valence-corrected chi connectivity index (χ0v) is 10.1. The molecule has 2 heteroatoms. The van der Waals surface area contributed by atoms with E-state index in [1.807, 2.05) is 0 Å². The van der Waals surface area contributed by atoms with Gasteiger partial charge >= 0.3 is 0 Å². The Morgan fingerprint density at radius 1 is 1.00 bits per heavy atom. The number of nitrogens with zero attached hydrogens (tertiary/aromatic N) is 2. The lowest BCUT2D eigenvalue weighted by Gasteiger charge is -2.27. The minimum absolute atomic E-state index is 0.463. The van der Waals surface area contributed by atoms with Gasteiger partial charge in [-0.15, -0.1) is 0 Å². The van der Waals surface area contributed by atoms with Gasteiger partial charge in [-0.25, -0.2) is 0 Å². The van der Waals surface area contributed by atoms with E-state index in [1.165, 1.54) is 32.7 Å². The summed E-state index contributed by atoms with van der Waals surface area (Å²) in [6.45, 7) is 13.6. The normalized spacial score (nSPS) is 35.1. The summed E-state index contributed by atoms with van der Waals surface area (Å²) in [6.07, 6.45) is 0. The molecule has 0 amide bonds. The first-order valence-corrected chi connectivity index (χ1v) is 5.85. The molecule has 2 unspecified atom stereocenters. The molecule has 2 aliphatic heterocycles. The van der Waals surface area contributed by atoms with Crippen molar-refractivity contribution in [3.05, 3.63) is 0 Å². The Hall–Kier alpha value is -0.0800. The van der Waals surface area contributed by atoms with E-state index in [4.69, 9.17) is 0 Å². The first-order valence-electron chi connectivity index (χ1n) is 5.85. The van der Waals surface area contributed by atoms with Crippen molar-refractivity contribution in [2.75, 3.05) is 39.8 Å². The summed E-state index contributed by atoms with van der Waals surface area (Å²) >= 11 is 0. The summed E-state index contributed by atoms with van der Waals surface area (Å²) in [7, 11) is 2.26. The molecule has 2 heterocycles. The Balaban J connectivity index is 1.86. The van der Waals surface area contributed by atoms with Gasteiger partial charge in [0.1, 0.15) is 0 Å². The summed E-state index contributed by atoms with van der Waals surface area (Å²) < 4.78 is 0. The van der Waals surface area contributed by atoms with E-state index in [0.717, 1.165) is 11.8 Å². The van der Waals surface area contributed by atoms with Crippen molar-refractivity contribution in [1.29, 1.82) is 0 Å². The van der Waals surface area contributed by atoms with Gasteiger partial charge in [0.25, 0.3) is 0 Å². The van der Waals surface area contributed by atoms with Crippen LogP contribution in [0, 0.1) is 17.3 Å². The second-order valence-corrected chi connectivity index (χ2v) is 6.50. The van der Waals surface area contributed by atoms with Crippen molar-refractivity contribution in [1.82, 2.24) is 9.80 Å². The van der Waals surface area contributed by atoms with Gasteiger partial charge in [0.05, 0.1) is 0 Å². The standard InChI is InChI=1S/C12H24N2/c1-12(2,3)9-14-7-10-5-13(4)6-11(10)8-14/h10-11H,5-9H2,1-4H3. The highest BCUT2D eigenvalue weighted by molar-refractivity contribution is 4.92. The van der Waals surface area contributed by atoms with Crippen molar-refractivity contribution in [2.45, 2.75) is 20.8 Å². The van der Waals surface area contributed by atoms with Crippen LogP contribution in [0.2, 0.25) is 0 Å². The van der Waals surface area contributed by atoms with Crippen LogP contribution in [0.3, 0.4) is 0 Å². The van der Waals surface area contributed by atoms with Crippen LogP contribution in [0.4, 0.5) is 0 Å². The monoisotopic (exact) mass is 196 g/mol. The predicted molar refractivity (Wildman–Crippen MR) is 60.4 cm³/mol. The van der Waals surface area contributed by atoms with Gasteiger partial charge in [-0.3, -0.25) is 0 Å². The number of hydrogen-bond donors (Lipinski definition) is 0. The van der Waals surface area contributed by atoms with Gasteiger partial charge in [0.2, 0.25) is 0 Å². The summed E-state index contributed by atoms with van der Waals surface area (Å²) in [5.74, 6) is 1.92. The summed E-state index contributed by atoms with van der Waals surface area (Å²) in [5.41, 5.74) is 0.463. The van der Waals surface area contributed by atoms with Crippen LogP contribution >= 0.6 is 0 Å². The molecule has 2 aliphatic rings. The number of likely N-dealkylation sites (tertiary alicyclic amines) is 2. The number of rotatable bonds is 1. The van der Waals surface area contributed by atoms with Crippen molar-refractivity contribution < 1.29 is 0 Å². The molecular weight excluding hydrogens is 172 g/mol. The molecule has 0 spiro atoms. The minimum atomic E-state index is 0.463. The SMILES string of the molecule is CN1CC2CN(CC(C)(C)C)CC2C1. The minimum Gasteiger partial charge on any atom is -0.306 e. The first kappa shape index (κ1) is 10.4. The van der Waals surface area contributed by atoms with Crippen LogP contribution in [0.25, 0.3) is 0 Å². The van der Waals surface area contributed by atoms with Crippen molar-refractivity contribution in [3.8, 4) is 0 Å². The zero-order valence-electron chi connectivity index (χ0n) is 10.1. The lowest BCUT2D eigenvalue weighted by atomic mass is 9.96. The molecule has 82 valence electrons. The molecule has 14 heavy (non-hydrogen) atoms. The molecule has 0 aromatic heterocycles. The lowest BCUT2D eigenvalue weighted by molar-refractivity contribution is 0.204. The van der Waals surface area contributed by atoms with E-state index in [1.54, 1.807) is 0 Å². The Morgan fingerprint density at radius 3 is 1.93 bits per heavy atom. The highest BCUT2D eigenvalue weighted by Crippen LogP contribution is 2.31. The summed E-state index contributed by atoms with van der Waals surface area (Å²) in [4.78, 5) is 5.16. The number of hydrogen-bond acceptors (Lipinski definition) is 2. The third kappa shape index (κ3) is 2.29. The predicted octanol–water partition coefficient (Wildman–Crippen LogP) is 1.53. The average Bonchev–Trinajstić information content (AvgIpc) is 2.39. The molecule has 0 aliphatic carbocycles. The van der Waals surface area contributed by atoms with Gasteiger partial charge in [0.15, 0.2) is 0 Å². The van der Waals surface area contributed by atoms with Crippen molar-refractivity contribution >= 4 is 0 Å². The Morgan fingerprint density at radius 2 is 1.50 bits per heavy atom. The Kier molecular flexibility index (Phi) is 2.61. The molecule has 0 N–H and O–H groups in total. The smallest absolute Gasteiger partial charge is 0.00303 e. The van der Waals surface area contributed by atoms with Crippen LogP contribution < -0.4 is 0 Å². The van der Waals surface area contributed by atoms with E-state index in [9.17, 15) is 0 Å². The largest absolute Gasteiger partial charge is 0.306 e. The highest BCUT2D eigenvalue weighted by atomic mass is 15.2. The second-order valence-electron chi connectivity index (χ2n) is 6.50. The molecule has 2 nitrogen and oxygen atoms in total. The molecule has 2 atom stereocenters. The quantitative estimate of drug-likeness (QED) is 0.627. The van der Waals surface area contributed by atoms with E-state index in [0.29, 0.717) is 5.41 Å². The number of fused-ring (bicyclic) bond motifs is 1. The summed E-state index contributed by atoms with van der Waals surface area (Å²) in [5, 5.41) is 0. The third-order valence-corrected chi connectivity index (χ3v) is 3.44. The highest BCUT2D eigenvalue weighted by Gasteiger charge is 2.39. The fourth-order valence-corrected chi connectivity index (χ4v) is 3.12. The van der Waals surface area contributed by atoms with Crippen LogP contribution in [0.15, 0.2) is 0 Å². The molecule has 0 saturated carbocycles. The lowest BCUT2D eigenvalue weighted by Crippen LogP contribution is -2.33. The fourth-order valence-electron chi connectivity index (χ4n) is 3.12. The van der Waals surface area contributed by atoms with Gasteiger partial charge in [-0.1, -0.05) is 20.8 Å². The van der Waals surface area contributed by atoms with Gasteiger partial charge in [-0.2, -0.15) is 0 Å². The first-order chi connectivity index (χ1) is 6.44. The Bertz CT molecular complexity index is 193. The van der Waals surface area contributed by atoms with Crippen LogP contribution in [0.1, 0.15) is 20.8 Å². The zero-order chi connectivity index (χ0) is 10.3. The second kappa shape index (κ2) is 3.49. The third-order valence-electron chi connectivity index (χ3n) is 3.44. The maximum absolute atomic E-state index is 2.67. The van der Waals surface area contributed by atoms with Gasteiger partial charge in [-0.05, 0) is 24.3 Å². The molecule has 0 radical (unpaired) electrons. The van der Waals surface area contributed by atoms with Crippen LogP contribution in [-0.4, -0.2) is 49.6 Å². The van der Waals surface area contributed by atoms with E-state index < -0.39 is 0 Å². The Labute approximate surface area is 88.3 Å². The fraction of sp³-hybridized carbons (Fsp3) is 1.00. The molecule has 0 aromatic rings. The molecule has 2 rings (SSSR count). The molecule has 2 fully saturated rings. The maximum atomic E-state index is 2.67. The topological polar surface area (TPSA) is 6.48 Å². The van der Waals surface area contributed by atoms with Crippen molar-refractivity contribution in [3.63, 3.8) is 0 Å². The molecule has 0 aromatic carbocycles. The van der Waals surface area contributed by atoms with Gasteiger partial charge in [0, 0.05) is 32.7 Å². The van der Waals surface area contributed by atoms with E-state index in [-0.39, 0.29) is 0 Å². The molecular formula is C12H24N2. The molecule has 2 saturated heterocycles. The maximum Gasteiger partial charge on any atom is 0.00303 e. The van der Waals surface area contributed by atoms with Crippen molar-refractivity contribution in [2.24, 2.45) is 17.3 Å².